The zero-order chi connectivity index (χ0) is 13.1. The summed E-state index contributed by atoms with van der Waals surface area (Å²) in [7, 11) is 0.448. The summed E-state index contributed by atoms with van der Waals surface area (Å²) in [6.07, 6.45) is 1.22. The third-order valence-electron chi connectivity index (χ3n) is 2.83. The minimum Gasteiger partial charge on any atom is -0.347 e. The van der Waals surface area contributed by atoms with Gasteiger partial charge in [-0.1, -0.05) is 0 Å². The summed E-state index contributed by atoms with van der Waals surface area (Å²) in [5.41, 5.74) is 0. The van der Waals surface area contributed by atoms with Gasteiger partial charge in [0.05, 0.1) is 5.75 Å². The van der Waals surface area contributed by atoms with Crippen LogP contribution >= 0.6 is 0 Å². The lowest BCUT2D eigenvalue weighted by molar-refractivity contribution is -0.134. The van der Waals surface area contributed by atoms with Gasteiger partial charge in [-0.25, -0.2) is 8.42 Å². The minimum atomic E-state index is -2.98. The monoisotopic (exact) mass is 263 g/mol. The molecule has 0 aromatic carbocycles. The Balaban J connectivity index is 2.63. The average molecular weight is 263 g/mol. The maximum atomic E-state index is 11.9. The van der Waals surface area contributed by atoms with Gasteiger partial charge in [0.1, 0.15) is 15.9 Å². The second kappa shape index (κ2) is 5.79. The Hall–Kier alpha value is -0.660. The van der Waals surface area contributed by atoms with Crippen LogP contribution in [0.15, 0.2) is 0 Å². The van der Waals surface area contributed by atoms with Crippen LogP contribution in [0.25, 0.3) is 0 Å². The van der Waals surface area contributed by atoms with Gasteiger partial charge in [0, 0.05) is 46.5 Å². The molecule has 1 fully saturated rings. The number of hydrogen-bond donors (Lipinski definition) is 1. The standard InChI is InChI=1S/C10H21N3O3S/c1-12(2)10(14)9-8-11-4-5-13(9)6-7-17(3,15)16/h9,11H,4-8H2,1-3H3. The van der Waals surface area contributed by atoms with Crippen LogP contribution in [-0.4, -0.2) is 82.4 Å². The van der Waals surface area contributed by atoms with Gasteiger partial charge in [-0.3, -0.25) is 9.69 Å². The number of piperazine rings is 1. The molecule has 1 aliphatic heterocycles. The van der Waals surface area contributed by atoms with Crippen molar-refractivity contribution in [3.63, 3.8) is 0 Å². The second-order valence-electron chi connectivity index (χ2n) is 4.62. The van der Waals surface area contributed by atoms with Crippen LogP contribution in [0.1, 0.15) is 0 Å². The fraction of sp³-hybridized carbons (Fsp3) is 0.900. The highest BCUT2D eigenvalue weighted by Crippen LogP contribution is 2.06. The van der Waals surface area contributed by atoms with Gasteiger partial charge in [0.15, 0.2) is 0 Å². The highest BCUT2D eigenvalue weighted by atomic mass is 32.2. The molecule has 17 heavy (non-hydrogen) atoms. The van der Waals surface area contributed by atoms with E-state index in [-0.39, 0.29) is 17.7 Å². The van der Waals surface area contributed by atoms with Gasteiger partial charge in [0.2, 0.25) is 5.91 Å². The molecular weight excluding hydrogens is 242 g/mol. The Morgan fingerprint density at radius 1 is 1.47 bits per heavy atom. The lowest BCUT2D eigenvalue weighted by Crippen LogP contribution is -2.58. The largest absolute Gasteiger partial charge is 0.347 e. The Bertz CT molecular complexity index is 367. The fourth-order valence-electron chi connectivity index (χ4n) is 1.84. The maximum Gasteiger partial charge on any atom is 0.240 e. The van der Waals surface area contributed by atoms with Crippen LogP contribution in [0.2, 0.25) is 0 Å². The summed E-state index contributed by atoms with van der Waals surface area (Å²) >= 11 is 0. The Morgan fingerprint density at radius 3 is 2.65 bits per heavy atom. The van der Waals surface area contributed by atoms with Crippen molar-refractivity contribution in [2.45, 2.75) is 6.04 Å². The SMILES string of the molecule is CN(C)C(=O)C1CNCCN1CCS(C)(=O)=O. The average Bonchev–Trinajstić information content (AvgIpc) is 2.24. The van der Waals surface area contributed by atoms with Crippen LogP contribution in [0.3, 0.4) is 0 Å². The molecular formula is C10H21N3O3S. The van der Waals surface area contributed by atoms with E-state index < -0.39 is 9.84 Å². The third kappa shape index (κ3) is 4.61. The minimum absolute atomic E-state index is 0.0192. The summed E-state index contributed by atoms with van der Waals surface area (Å²) in [5.74, 6) is 0.121. The number of likely N-dealkylation sites (N-methyl/N-ethyl adjacent to an activating group) is 1. The molecule has 0 radical (unpaired) electrons. The maximum absolute atomic E-state index is 11.9. The van der Waals surface area contributed by atoms with Gasteiger partial charge in [-0.05, 0) is 0 Å². The normalized spacial score (nSPS) is 22.4. The molecule has 1 amide bonds. The molecule has 1 rings (SSSR count). The molecule has 1 atom stereocenters. The Labute approximate surface area is 103 Å². The molecule has 1 N–H and O–H groups in total. The zero-order valence-corrected chi connectivity index (χ0v) is 11.5. The number of nitrogens with one attached hydrogen (secondary N) is 1. The molecule has 0 bridgehead atoms. The van der Waals surface area contributed by atoms with Crippen molar-refractivity contribution in [3.05, 3.63) is 0 Å². The molecule has 0 aromatic rings. The first-order valence-electron chi connectivity index (χ1n) is 5.65. The van der Waals surface area contributed by atoms with Crippen LogP contribution in [0.5, 0.6) is 0 Å². The van der Waals surface area contributed by atoms with E-state index >= 15 is 0 Å². The van der Waals surface area contributed by atoms with Crippen LogP contribution in [0, 0.1) is 0 Å². The predicted octanol–water partition coefficient (Wildman–Crippen LogP) is -1.61. The van der Waals surface area contributed by atoms with Gasteiger partial charge in [-0.2, -0.15) is 0 Å². The number of carbonyl (C=O) groups excluding carboxylic acids is 1. The van der Waals surface area contributed by atoms with E-state index in [1.54, 1.807) is 19.0 Å². The summed E-state index contributed by atoms with van der Waals surface area (Å²) in [6, 6.07) is -0.250. The summed E-state index contributed by atoms with van der Waals surface area (Å²) < 4.78 is 22.3. The zero-order valence-electron chi connectivity index (χ0n) is 10.6. The molecule has 0 aliphatic carbocycles. The Morgan fingerprint density at radius 2 is 2.12 bits per heavy atom. The first kappa shape index (κ1) is 14.4. The topological polar surface area (TPSA) is 69.7 Å². The van der Waals surface area contributed by atoms with Gasteiger partial charge < -0.3 is 10.2 Å². The number of amides is 1. The van der Waals surface area contributed by atoms with E-state index in [9.17, 15) is 13.2 Å². The quantitative estimate of drug-likeness (QED) is 0.661. The number of carbonyl (C=O) groups is 1. The van der Waals surface area contributed by atoms with Crippen LogP contribution in [-0.2, 0) is 14.6 Å². The van der Waals surface area contributed by atoms with Crippen molar-refractivity contribution in [1.82, 2.24) is 15.1 Å². The molecule has 1 heterocycles. The molecule has 1 aliphatic rings. The third-order valence-corrected chi connectivity index (χ3v) is 3.75. The summed E-state index contributed by atoms with van der Waals surface area (Å²) in [6.45, 7) is 2.51. The molecule has 1 saturated heterocycles. The number of sulfone groups is 1. The van der Waals surface area contributed by atoms with E-state index in [2.05, 4.69) is 5.32 Å². The van der Waals surface area contributed by atoms with Crippen molar-refractivity contribution < 1.29 is 13.2 Å². The molecule has 7 heteroatoms. The van der Waals surface area contributed by atoms with Crippen molar-refractivity contribution in [2.24, 2.45) is 0 Å². The van der Waals surface area contributed by atoms with Crippen molar-refractivity contribution >= 4 is 15.7 Å². The molecule has 0 aromatic heterocycles. The van der Waals surface area contributed by atoms with Crippen molar-refractivity contribution in [3.8, 4) is 0 Å². The highest BCUT2D eigenvalue weighted by Gasteiger charge is 2.29. The highest BCUT2D eigenvalue weighted by molar-refractivity contribution is 7.90. The first-order valence-corrected chi connectivity index (χ1v) is 7.71. The predicted molar refractivity (Wildman–Crippen MR) is 66.6 cm³/mol. The van der Waals surface area contributed by atoms with Gasteiger partial charge in [0.25, 0.3) is 0 Å². The number of hydrogen-bond acceptors (Lipinski definition) is 5. The van der Waals surface area contributed by atoms with E-state index in [0.717, 1.165) is 6.54 Å². The molecule has 0 spiro atoms. The number of rotatable bonds is 4. The molecule has 0 saturated carbocycles. The smallest absolute Gasteiger partial charge is 0.240 e. The van der Waals surface area contributed by atoms with Crippen molar-refractivity contribution in [1.29, 1.82) is 0 Å². The molecule has 100 valence electrons. The van der Waals surface area contributed by atoms with Gasteiger partial charge in [-0.15, -0.1) is 0 Å². The summed E-state index contributed by atoms with van der Waals surface area (Å²) in [4.78, 5) is 15.4. The van der Waals surface area contributed by atoms with E-state index in [0.29, 0.717) is 19.6 Å². The Kier molecular flexibility index (Phi) is 4.91. The van der Waals surface area contributed by atoms with E-state index in [1.165, 1.54) is 6.26 Å². The van der Waals surface area contributed by atoms with Gasteiger partial charge >= 0.3 is 0 Å². The first-order chi connectivity index (χ1) is 7.81. The van der Waals surface area contributed by atoms with E-state index in [1.807, 2.05) is 4.90 Å². The van der Waals surface area contributed by atoms with Crippen LogP contribution < -0.4 is 5.32 Å². The van der Waals surface area contributed by atoms with Crippen molar-refractivity contribution in [2.75, 3.05) is 52.3 Å². The number of nitrogens with zero attached hydrogens (tertiary/aromatic N) is 2. The fourth-order valence-corrected chi connectivity index (χ4v) is 2.40. The second-order valence-corrected chi connectivity index (χ2v) is 6.88. The summed E-state index contributed by atoms with van der Waals surface area (Å²) in [5, 5.41) is 3.16. The molecule has 6 nitrogen and oxygen atoms in total. The lowest BCUT2D eigenvalue weighted by atomic mass is 10.1. The lowest BCUT2D eigenvalue weighted by Gasteiger charge is -2.36. The van der Waals surface area contributed by atoms with E-state index in [4.69, 9.17) is 0 Å². The van der Waals surface area contributed by atoms with Crippen LogP contribution in [0.4, 0.5) is 0 Å². The molecule has 1 unspecified atom stereocenters.